The number of aryl methyl sites for hydroxylation is 2. The zero-order chi connectivity index (χ0) is 19.9. The number of hydrogen-bond donors (Lipinski definition) is 0. The van der Waals surface area contributed by atoms with Crippen LogP contribution in [0.25, 0.3) is 0 Å². The third-order valence-corrected chi connectivity index (χ3v) is 7.85. The summed E-state index contributed by atoms with van der Waals surface area (Å²) in [5.74, 6) is -0.772. The molecular weight excluding hydrogens is 392 g/mol. The third-order valence-electron chi connectivity index (χ3n) is 4.06. The van der Waals surface area contributed by atoms with Crippen LogP contribution in [0.5, 0.6) is 0 Å². The van der Waals surface area contributed by atoms with Crippen molar-refractivity contribution in [3.8, 4) is 0 Å². The molecule has 0 bridgehead atoms. The summed E-state index contributed by atoms with van der Waals surface area (Å²) in [6.45, 7) is 9.54. The number of methoxy groups -OCH3 is 1. The zero-order valence-corrected chi connectivity index (χ0v) is 18.2. The molecule has 26 heavy (non-hydrogen) atoms. The van der Waals surface area contributed by atoms with E-state index in [4.69, 9.17) is 16.3 Å². The molecule has 2 rings (SSSR count). The highest BCUT2D eigenvalue weighted by atomic mass is 35.5. The van der Waals surface area contributed by atoms with Crippen molar-refractivity contribution in [2.45, 2.75) is 50.7 Å². The first-order valence-corrected chi connectivity index (χ1v) is 10.9. The molecule has 0 unspecified atom stereocenters. The second-order valence-corrected chi connectivity index (χ2v) is 10.7. The molecule has 0 aliphatic rings. The van der Waals surface area contributed by atoms with Gasteiger partial charge in [-0.25, -0.2) is 13.2 Å². The number of carbonyl (C=O) groups is 1. The van der Waals surface area contributed by atoms with Crippen LogP contribution in [-0.2, 0) is 25.7 Å². The van der Waals surface area contributed by atoms with E-state index in [0.29, 0.717) is 26.6 Å². The van der Waals surface area contributed by atoms with E-state index in [1.165, 1.54) is 18.4 Å². The van der Waals surface area contributed by atoms with Crippen LogP contribution in [0, 0.1) is 13.8 Å². The molecule has 2 aromatic rings. The lowest BCUT2D eigenvalue weighted by Crippen LogP contribution is -2.10. The van der Waals surface area contributed by atoms with Gasteiger partial charge >= 0.3 is 5.97 Å². The molecule has 4 nitrogen and oxygen atoms in total. The van der Waals surface area contributed by atoms with Gasteiger partial charge in [-0.2, -0.15) is 0 Å². The molecule has 142 valence electrons. The summed E-state index contributed by atoms with van der Waals surface area (Å²) in [6.07, 6.45) is 0. The Labute approximate surface area is 164 Å². The lowest BCUT2D eigenvalue weighted by molar-refractivity contribution is 0.0605. The minimum Gasteiger partial charge on any atom is -0.465 e. The number of sulfone groups is 1. The number of carbonyl (C=O) groups excluding carboxylic acids is 1. The third kappa shape index (κ3) is 4.30. The maximum atomic E-state index is 13.0. The first-order chi connectivity index (χ1) is 11.9. The van der Waals surface area contributed by atoms with Crippen molar-refractivity contribution >= 4 is 38.7 Å². The molecule has 0 saturated carbocycles. The molecule has 1 aromatic heterocycles. The van der Waals surface area contributed by atoms with Gasteiger partial charge in [0, 0.05) is 9.90 Å². The monoisotopic (exact) mass is 414 g/mol. The molecule has 0 N–H and O–H groups in total. The average molecular weight is 415 g/mol. The lowest BCUT2D eigenvalue weighted by atomic mass is 9.94. The highest BCUT2D eigenvalue weighted by Gasteiger charge is 2.27. The number of thiophene rings is 1. The van der Waals surface area contributed by atoms with Gasteiger partial charge < -0.3 is 4.74 Å². The SMILES string of the molecule is COC(=O)c1sc(C(C)(C)C)cc1CS(=O)(=O)c1cc(C)c(Cl)cc1C. The Morgan fingerprint density at radius 3 is 2.31 bits per heavy atom. The standard InChI is InChI=1S/C19H23ClO4S2/c1-11-8-15(12(2)7-14(11)20)26(22,23)10-13-9-16(19(3,4)5)25-17(13)18(21)24-6/h7-9H,10H2,1-6H3. The molecule has 0 atom stereocenters. The maximum Gasteiger partial charge on any atom is 0.348 e. The van der Waals surface area contributed by atoms with Crippen LogP contribution in [0.3, 0.4) is 0 Å². The fraction of sp³-hybridized carbons (Fsp3) is 0.421. The van der Waals surface area contributed by atoms with Crippen molar-refractivity contribution in [1.82, 2.24) is 0 Å². The predicted molar refractivity (Wildman–Crippen MR) is 106 cm³/mol. The zero-order valence-electron chi connectivity index (χ0n) is 15.8. The molecule has 7 heteroatoms. The van der Waals surface area contributed by atoms with E-state index in [9.17, 15) is 13.2 Å². The molecule has 0 amide bonds. The van der Waals surface area contributed by atoms with E-state index in [0.717, 1.165) is 4.88 Å². The largest absolute Gasteiger partial charge is 0.465 e. The Kier molecular flexibility index (Phi) is 5.90. The highest BCUT2D eigenvalue weighted by Crippen LogP contribution is 2.35. The molecule has 0 saturated heterocycles. The van der Waals surface area contributed by atoms with Gasteiger partial charge in [-0.05, 0) is 54.2 Å². The Bertz CT molecular complexity index is 951. The van der Waals surface area contributed by atoms with Gasteiger partial charge in [0.15, 0.2) is 9.84 Å². The van der Waals surface area contributed by atoms with Crippen LogP contribution < -0.4 is 0 Å². The molecule has 0 aliphatic carbocycles. The van der Waals surface area contributed by atoms with Crippen LogP contribution in [0.15, 0.2) is 23.1 Å². The van der Waals surface area contributed by atoms with Crippen molar-refractivity contribution in [2.24, 2.45) is 0 Å². The highest BCUT2D eigenvalue weighted by molar-refractivity contribution is 7.90. The summed E-state index contributed by atoms with van der Waals surface area (Å²) in [5.41, 5.74) is 1.57. The minimum absolute atomic E-state index is 0.192. The van der Waals surface area contributed by atoms with E-state index >= 15 is 0 Å². The van der Waals surface area contributed by atoms with Gasteiger partial charge in [-0.15, -0.1) is 11.3 Å². The van der Waals surface area contributed by atoms with Crippen molar-refractivity contribution < 1.29 is 17.9 Å². The summed E-state index contributed by atoms with van der Waals surface area (Å²) in [5, 5.41) is 0.530. The molecule has 0 fully saturated rings. The lowest BCUT2D eigenvalue weighted by Gasteiger charge is -2.15. The van der Waals surface area contributed by atoms with Crippen LogP contribution in [0.4, 0.5) is 0 Å². The average Bonchev–Trinajstić information content (AvgIpc) is 2.93. The fourth-order valence-corrected chi connectivity index (χ4v) is 5.71. The maximum absolute atomic E-state index is 13.0. The number of ether oxygens (including phenoxy) is 1. The number of hydrogen-bond acceptors (Lipinski definition) is 5. The summed E-state index contributed by atoms with van der Waals surface area (Å²) in [4.78, 5) is 13.6. The Morgan fingerprint density at radius 1 is 1.15 bits per heavy atom. The summed E-state index contributed by atoms with van der Waals surface area (Å²) in [7, 11) is -2.34. The first kappa shape index (κ1) is 20.9. The number of benzene rings is 1. The second kappa shape index (κ2) is 7.33. The second-order valence-electron chi connectivity index (χ2n) is 7.33. The van der Waals surface area contributed by atoms with E-state index in [2.05, 4.69) is 0 Å². The summed E-state index contributed by atoms with van der Waals surface area (Å²) >= 11 is 7.37. The smallest absolute Gasteiger partial charge is 0.348 e. The molecule has 0 spiro atoms. The number of rotatable bonds is 4. The van der Waals surface area contributed by atoms with Gasteiger partial charge in [-0.1, -0.05) is 32.4 Å². The van der Waals surface area contributed by atoms with E-state index in [-0.39, 0.29) is 16.1 Å². The topological polar surface area (TPSA) is 60.4 Å². The fourth-order valence-electron chi connectivity index (χ4n) is 2.54. The summed E-state index contributed by atoms with van der Waals surface area (Å²) < 4.78 is 30.9. The normalized spacial score (nSPS) is 12.3. The van der Waals surface area contributed by atoms with Crippen LogP contribution >= 0.6 is 22.9 Å². The van der Waals surface area contributed by atoms with Crippen molar-refractivity contribution in [3.63, 3.8) is 0 Å². The number of halogens is 1. The molecule has 1 heterocycles. The Morgan fingerprint density at radius 2 is 1.77 bits per heavy atom. The molecule has 1 aromatic carbocycles. The van der Waals surface area contributed by atoms with Crippen LogP contribution in [0.2, 0.25) is 5.02 Å². The predicted octanol–water partition coefficient (Wildman–Crippen LogP) is 5.08. The van der Waals surface area contributed by atoms with E-state index in [1.54, 1.807) is 32.0 Å². The van der Waals surface area contributed by atoms with Crippen molar-refractivity contribution in [1.29, 1.82) is 0 Å². The van der Waals surface area contributed by atoms with Gasteiger partial charge in [0.25, 0.3) is 0 Å². The van der Waals surface area contributed by atoms with Gasteiger partial charge in [0.2, 0.25) is 0 Å². The van der Waals surface area contributed by atoms with Gasteiger partial charge in [0.05, 0.1) is 17.8 Å². The van der Waals surface area contributed by atoms with E-state index in [1.807, 2.05) is 20.8 Å². The van der Waals surface area contributed by atoms with Crippen molar-refractivity contribution in [2.75, 3.05) is 7.11 Å². The Hall–Kier alpha value is -1.37. The molecular formula is C19H23ClO4S2. The van der Waals surface area contributed by atoms with E-state index < -0.39 is 15.8 Å². The van der Waals surface area contributed by atoms with Crippen molar-refractivity contribution in [3.05, 3.63) is 49.7 Å². The number of esters is 1. The van der Waals surface area contributed by atoms with Gasteiger partial charge in [0.1, 0.15) is 4.88 Å². The van der Waals surface area contributed by atoms with Crippen LogP contribution in [-0.4, -0.2) is 21.5 Å². The van der Waals surface area contributed by atoms with Gasteiger partial charge in [-0.3, -0.25) is 0 Å². The minimum atomic E-state index is -3.64. The Balaban J connectivity index is 2.54. The quantitative estimate of drug-likeness (QED) is 0.655. The molecule has 0 aliphatic heterocycles. The van der Waals surface area contributed by atoms with Crippen LogP contribution in [0.1, 0.15) is 52.0 Å². The molecule has 0 radical (unpaired) electrons. The first-order valence-electron chi connectivity index (χ1n) is 8.08. The summed E-state index contributed by atoms with van der Waals surface area (Å²) in [6, 6.07) is 5.04.